The highest BCUT2D eigenvalue weighted by Gasteiger charge is 2.22. The van der Waals surface area contributed by atoms with E-state index in [0.717, 1.165) is 56.7 Å². The third-order valence-electron chi connectivity index (χ3n) is 5.91. The molecule has 2 aliphatic heterocycles. The number of hydrogen-bond donors (Lipinski definition) is 1. The number of likely N-dealkylation sites (N-methyl/N-ethyl adjacent to an activating group) is 1. The summed E-state index contributed by atoms with van der Waals surface area (Å²) in [7, 11) is 8.00. The van der Waals surface area contributed by atoms with Crippen LogP contribution in [0.15, 0.2) is 35.6 Å². The van der Waals surface area contributed by atoms with Crippen molar-refractivity contribution in [3.8, 4) is 11.5 Å². The van der Waals surface area contributed by atoms with Crippen LogP contribution < -0.4 is 14.8 Å². The molecule has 0 aliphatic carbocycles. The predicted octanol–water partition coefficient (Wildman–Crippen LogP) is 1.76. The van der Waals surface area contributed by atoms with Gasteiger partial charge in [0, 0.05) is 65.1 Å². The zero-order chi connectivity index (χ0) is 21.8. The van der Waals surface area contributed by atoms with Gasteiger partial charge in [-0.15, -0.1) is 24.0 Å². The second-order valence-corrected chi connectivity index (χ2v) is 8.31. The Morgan fingerprint density at radius 1 is 1.19 bits per heavy atom. The number of nitrogens with one attached hydrogen (secondary N) is 1. The van der Waals surface area contributed by atoms with Crippen LogP contribution in [0.2, 0.25) is 0 Å². The fraction of sp³-hybridized carbons (Fsp3) is 0.545. The number of fused-ring (bicyclic) bond motifs is 1. The Morgan fingerprint density at radius 2 is 1.94 bits per heavy atom. The van der Waals surface area contributed by atoms with E-state index in [1.807, 2.05) is 31.0 Å². The molecule has 176 valence electrons. The molecule has 3 heterocycles. The molecule has 1 atom stereocenters. The maximum absolute atomic E-state index is 5.51. The average Bonchev–Trinajstić information content (AvgIpc) is 3.40. The van der Waals surface area contributed by atoms with E-state index >= 15 is 0 Å². The zero-order valence-electron chi connectivity index (χ0n) is 19.3. The minimum Gasteiger partial charge on any atom is -0.454 e. The number of aliphatic imine (C=N–C) groups is 1. The van der Waals surface area contributed by atoms with Crippen molar-refractivity contribution in [1.29, 1.82) is 0 Å². The van der Waals surface area contributed by atoms with Crippen LogP contribution in [0.1, 0.15) is 17.2 Å². The second kappa shape index (κ2) is 11.2. The number of nitrogens with zero attached hydrogens (tertiary/aromatic N) is 6. The largest absolute Gasteiger partial charge is 0.454 e. The van der Waals surface area contributed by atoms with E-state index in [2.05, 4.69) is 62.5 Å². The van der Waals surface area contributed by atoms with Crippen molar-refractivity contribution in [1.82, 2.24) is 29.8 Å². The highest BCUT2D eigenvalue weighted by molar-refractivity contribution is 14.0. The summed E-state index contributed by atoms with van der Waals surface area (Å²) >= 11 is 0. The van der Waals surface area contributed by atoms with Crippen LogP contribution in [0.4, 0.5) is 0 Å². The average molecular weight is 555 g/mol. The van der Waals surface area contributed by atoms with Gasteiger partial charge in [0.1, 0.15) is 0 Å². The van der Waals surface area contributed by atoms with Crippen LogP contribution in [-0.2, 0) is 13.6 Å². The van der Waals surface area contributed by atoms with Gasteiger partial charge in [0.05, 0.1) is 12.2 Å². The lowest BCUT2D eigenvalue weighted by molar-refractivity contribution is 0.170. The highest BCUT2D eigenvalue weighted by atomic mass is 127. The molecule has 4 rings (SSSR count). The van der Waals surface area contributed by atoms with E-state index in [1.165, 1.54) is 11.1 Å². The first-order valence-electron chi connectivity index (χ1n) is 10.7. The van der Waals surface area contributed by atoms with Crippen LogP contribution in [-0.4, -0.2) is 91.1 Å². The number of benzene rings is 1. The molecule has 0 amide bonds. The SMILES string of the molecule is CN=C(NCC(c1cnn(C)c1)N(C)C)N1CCN(Cc2ccc3c(c2)OCO3)CC1.I. The monoisotopic (exact) mass is 555 g/mol. The summed E-state index contributed by atoms with van der Waals surface area (Å²) in [6.45, 7) is 5.90. The normalized spacial score (nSPS) is 17.4. The standard InChI is InChI=1S/C22H33N7O2.HI/c1-23-22(24-13-19(26(2)3)18-12-25-27(4)15-18)29-9-7-28(8-10-29)14-17-5-6-20-21(11-17)31-16-30-20;/h5-6,11-12,15,19H,7-10,13-14,16H2,1-4H3,(H,23,24);1H. The van der Waals surface area contributed by atoms with E-state index in [0.29, 0.717) is 6.79 Å². The first-order chi connectivity index (χ1) is 15.0. The Balaban J connectivity index is 0.00000289. The molecule has 32 heavy (non-hydrogen) atoms. The van der Waals surface area contributed by atoms with Gasteiger partial charge in [0.2, 0.25) is 6.79 Å². The number of aromatic nitrogens is 2. The minimum absolute atomic E-state index is 0. The lowest BCUT2D eigenvalue weighted by atomic mass is 10.1. The van der Waals surface area contributed by atoms with Crippen molar-refractivity contribution in [3.05, 3.63) is 41.7 Å². The Morgan fingerprint density at radius 3 is 2.59 bits per heavy atom. The molecule has 1 N–H and O–H groups in total. The van der Waals surface area contributed by atoms with Gasteiger partial charge < -0.3 is 24.6 Å². The number of ether oxygens (including phenoxy) is 2. The van der Waals surface area contributed by atoms with Gasteiger partial charge in [-0.25, -0.2) is 0 Å². The molecule has 9 nitrogen and oxygen atoms in total. The molecular weight excluding hydrogens is 521 g/mol. The Hall–Kier alpha value is -2.05. The number of piperazine rings is 1. The summed E-state index contributed by atoms with van der Waals surface area (Å²) in [6.07, 6.45) is 4.01. The van der Waals surface area contributed by atoms with Crippen LogP contribution in [0.5, 0.6) is 11.5 Å². The van der Waals surface area contributed by atoms with Gasteiger partial charge in [-0.1, -0.05) is 6.07 Å². The van der Waals surface area contributed by atoms with Gasteiger partial charge in [-0.05, 0) is 31.8 Å². The first-order valence-corrected chi connectivity index (χ1v) is 10.7. The Labute approximate surface area is 207 Å². The molecule has 1 aromatic carbocycles. The van der Waals surface area contributed by atoms with Crippen molar-refractivity contribution in [2.24, 2.45) is 12.0 Å². The van der Waals surface area contributed by atoms with Gasteiger partial charge in [-0.2, -0.15) is 5.10 Å². The maximum Gasteiger partial charge on any atom is 0.231 e. The van der Waals surface area contributed by atoms with E-state index in [9.17, 15) is 0 Å². The Kier molecular flexibility index (Phi) is 8.60. The molecule has 1 fully saturated rings. The zero-order valence-corrected chi connectivity index (χ0v) is 21.7. The van der Waals surface area contributed by atoms with E-state index < -0.39 is 0 Å². The molecule has 0 bridgehead atoms. The molecule has 1 aromatic heterocycles. The molecule has 2 aromatic rings. The Bertz CT molecular complexity index is 909. The number of aryl methyl sites for hydroxylation is 1. The highest BCUT2D eigenvalue weighted by Crippen LogP contribution is 2.32. The predicted molar refractivity (Wildman–Crippen MR) is 136 cm³/mol. The van der Waals surface area contributed by atoms with Gasteiger partial charge in [0.15, 0.2) is 17.5 Å². The van der Waals surface area contributed by atoms with Crippen molar-refractivity contribution >= 4 is 29.9 Å². The smallest absolute Gasteiger partial charge is 0.231 e. The summed E-state index contributed by atoms with van der Waals surface area (Å²) in [4.78, 5) is 11.6. The van der Waals surface area contributed by atoms with Crippen LogP contribution >= 0.6 is 24.0 Å². The third kappa shape index (κ3) is 5.84. The van der Waals surface area contributed by atoms with Crippen LogP contribution in [0.3, 0.4) is 0 Å². The molecule has 2 aliphatic rings. The summed E-state index contributed by atoms with van der Waals surface area (Å²) in [5.41, 5.74) is 2.45. The molecule has 0 saturated carbocycles. The molecule has 10 heteroatoms. The lowest BCUT2D eigenvalue weighted by Crippen LogP contribution is -2.53. The van der Waals surface area contributed by atoms with Crippen molar-refractivity contribution in [2.75, 3.05) is 60.7 Å². The maximum atomic E-state index is 5.51. The third-order valence-corrected chi connectivity index (χ3v) is 5.91. The van der Waals surface area contributed by atoms with Gasteiger partial charge in [0.25, 0.3) is 0 Å². The lowest BCUT2D eigenvalue weighted by Gasteiger charge is -2.37. The van der Waals surface area contributed by atoms with E-state index in [4.69, 9.17) is 9.47 Å². The number of halogens is 1. The van der Waals surface area contributed by atoms with Gasteiger partial charge in [-0.3, -0.25) is 14.6 Å². The molecule has 1 unspecified atom stereocenters. The fourth-order valence-corrected chi connectivity index (χ4v) is 4.15. The second-order valence-electron chi connectivity index (χ2n) is 8.31. The van der Waals surface area contributed by atoms with Crippen LogP contribution in [0, 0.1) is 0 Å². The minimum atomic E-state index is 0. The number of hydrogen-bond acceptors (Lipinski definition) is 6. The molecule has 1 saturated heterocycles. The van der Waals surface area contributed by atoms with E-state index in [1.54, 1.807) is 0 Å². The van der Waals surface area contributed by atoms with Gasteiger partial charge >= 0.3 is 0 Å². The van der Waals surface area contributed by atoms with Crippen molar-refractivity contribution in [2.45, 2.75) is 12.6 Å². The van der Waals surface area contributed by atoms with Crippen LogP contribution in [0.25, 0.3) is 0 Å². The summed E-state index contributed by atoms with van der Waals surface area (Å²) in [6, 6.07) is 6.45. The topological polar surface area (TPSA) is 70.4 Å². The summed E-state index contributed by atoms with van der Waals surface area (Å²) < 4.78 is 12.8. The number of rotatable bonds is 6. The van der Waals surface area contributed by atoms with E-state index in [-0.39, 0.29) is 30.0 Å². The molecule has 0 spiro atoms. The molecule has 0 radical (unpaired) electrons. The fourth-order valence-electron chi connectivity index (χ4n) is 4.15. The van der Waals surface area contributed by atoms with Crippen molar-refractivity contribution in [3.63, 3.8) is 0 Å². The first kappa shape index (κ1) is 24.6. The van der Waals surface area contributed by atoms with Crippen molar-refractivity contribution < 1.29 is 9.47 Å². The number of guanidine groups is 1. The molecular formula is C22H34IN7O2. The summed E-state index contributed by atoms with van der Waals surface area (Å²) in [5.74, 6) is 2.65. The quantitative estimate of drug-likeness (QED) is 0.331. The summed E-state index contributed by atoms with van der Waals surface area (Å²) in [5, 5.41) is 7.89.